The highest BCUT2D eigenvalue weighted by atomic mass is 32.2. The maximum Gasteiger partial charge on any atom is 0.420 e. The lowest BCUT2D eigenvalue weighted by molar-refractivity contribution is -0.205. The predicted octanol–water partition coefficient (Wildman–Crippen LogP) is 3.21. The van der Waals surface area contributed by atoms with E-state index in [2.05, 4.69) is 25.4 Å². The number of nitrogens with zero attached hydrogens (tertiary/aromatic N) is 6. The van der Waals surface area contributed by atoms with Crippen molar-refractivity contribution >= 4 is 27.3 Å². The van der Waals surface area contributed by atoms with Crippen LogP contribution in [-0.4, -0.2) is 67.9 Å². The Morgan fingerprint density at radius 3 is 2.35 bits per heavy atom. The summed E-state index contributed by atoms with van der Waals surface area (Å²) in [4.78, 5) is 10.5. The van der Waals surface area contributed by atoms with Crippen LogP contribution < -0.4 is 5.32 Å². The molecule has 0 aromatic carbocycles. The molecule has 1 atom stereocenters. The standard InChI is InChI=1S/C19H19F6N7O3S2/c1-31-9-11(6-28-31)37(34,35)32-4-2-10(3-5-32)29-17-27-7-12(18(20,21)22)14(30-17)16-26-8-13(36-16)15(33)19(23,24)25/h6-10,15,33H,2-5H2,1H3,(H,27,29,30). The zero-order valence-corrected chi connectivity index (χ0v) is 20.5. The zero-order valence-electron chi connectivity index (χ0n) is 18.8. The molecule has 10 nitrogen and oxygen atoms in total. The van der Waals surface area contributed by atoms with Gasteiger partial charge in [-0.2, -0.15) is 35.7 Å². The first-order valence-corrected chi connectivity index (χ1v) is 12.8. The molecule has 37 heavy (non-hydrogen) atoms. The molecule has 1 aliphatic rings. The molecule has 4 heterocycles. The van der Waals surface area contributed by atoms with E-state index in [1.165, 1.54) is 21.4 Å². The summed E-state index contributed by atoms with van der Waals surface area (Å²) < 4.78 is 107. The summed E-state index contributed by atoms with van der Waals surface area (Å²) in [5.74, 6) is -0.232. The number of anilines is 1. The summed E-state index contributed by atoms with van der Waals surface area (Å²) >= 11 is 0.229. The van der Waals surface area contributed by atoms with Crippen molar-refractivity contribution in [3.8, 4) is 10.7 Å². The molecule has 1 aliphatic heterocycles. The van der Waals surface area contributed by atoms with Crippen LogP contribution in [0.5, 0.6) is 0 Å². The van der Waals surface area contributed by atoms with Crippen LogP contribution in [0.1, 0.15) is 29.4 Å². The van der Waals surface area contributed by atoms with Crippen molar-refractivity contribution in [3.63, 3.8) is 0 Å². The molecule has 1 fully saturated rings. The second kappa shape index (κ2) is 9.80. The number of thiazole rings is 1. The van der Waals surface area contributed by atoms with Gasteiger partial charge in [-0.15, -0.1) is 11.3 Å². The van der Waals surface area contributed by atoms with Gasteiger partial charge in [-0.3, -0.25) is 4.68 Å². The Morgan fingerprint density at radius 1 is 1.11 bits per heavy atom. The smallest absolute Gasteiger partial charge is 0.379 e. The van der Waals surface area contributed by atoms with Crippen molar-refractivity contribution in [3.05, 3.63) is 35.2 Å². The minimum Gasteiger partial charge on any atom is -0.379 e. The van der Waals surface area contributed by atoms with Crippen LogP contribution in [0.2, 0.25) is 0 Å². The quantitative estimate of drug-likeness (QED) is 0.432. The summed E-state index contributed by atoms with van der Waals surface area (Å²) in [6.45, 7) is 0.237. The minimum absolute atomic E-state index is 0.0376. The van der Waals surface area contributed by atoms with Crippen molar-refractivity contribution < 1.29 is 39.9 Å². The van der Waals surface area contributed by atoms with Gasteiger partial charge in [0.15, 0.2) is 6.10 Å². The number of aliphatic hydroxyl groups is 1. The molecule has 0 spiro atoms. The predicted molar refractivity (Wildman–Crippen MR) is 118 cm³/mol. The number of piperidine rings is 1. The number of hydrogen-bond donors (Lipinski definition) is 2. The molecule has 0 bridgehead atoms. The summed E-state index contributed by atoms with van der Waals surface area (Å²) in [6.07, 6.45) is -8.52. The van der Waals surface area contributed by atoms with Gasteiger partial charge < -0.3 is 10.4 Å². The van der Waals surface area contributed by atoms with Crippen LogP contribution in [-0.2, 0) is 23.2 Å². The molecule has 0 amide bonds. The lowest BCUT2D eigenvalue weighted by Gasteiger charge is -2.31. The fraction of sp³-hybridized carbons (Fsp3) is 0.474. The first kappa shape index (κ1) is 27.2. The van der Waals surface area contributed by atoms with Gasteiger partial charge in [0.25, 0.3) is 0 Å². The number of aliphatic hydroxyl groups excluding tert-OH is 1. The number of aryl methyl sites for hydroxylation is 1. The second-order valence-corrected chi connectivity index (χ2v) is 11.1. The lowest BCUT2D eigenvalue weighted by atomic mass is 10.1. The van der Waals surface area contributed by atoms with Crippen LogP contribution in [0.3, 0.4) is 0 Å². The molecular formula is C19H19F6N7O3S2. The van der Waals surface area contributed by atoms with Gasteiger partial charge in [-0.1, -0.05) is 0 Å². The maximum atomic E-state index is 13.6. The second-order valence-electron chi connectivity index (χ2n) is 8.14. The van der Waals surface area contributed by atoms with Crippen LogP contribution in [0.25, 0.3) is 10.7 Å². The minimum atomic E-state index is -5.02. The van der Waals surface area contributed by atoms with E-state index in [0.717, 1.165) is 0 Å². The monoisotopic (exact) mass is 571 g/mol. The van der Waals surface area contributed by atoms with Crippen molar-refractivity contribution in [2.45, 2.75) is 42.2 Å². The maximum absolute atomic E-state index is 13.6. The number of halogens is 6. The number of aromatic nitrogens is 5. The number of nitrogens with one attached hydrogen (secondary N) is 1. The van der Waals surface area contributed by atoms with E-state index in [9.17, 15) is 39.9 Å². The first-order chi connectivity index (χ1) is 17.2. The van der Waals surface area contributed by atoms with Gasteiger partial charge in [0.05, 0.1) is 11.1 Å². The third-order valence-corrected chi connectivity index (χ3v) is 8.41. The van der Waals surface area contributed by atoms with Crippen molar-refractivity contribution in [1.29, 1.82) is 0 Å². The van der Waals surface area contributed by atoms with E-state index < -0.39 is 49.6 Å². The SMILES string of the molecule is Cn1cc(S(=O)(=O)N2CCC(Nc3ncc(C(F)(F)F)c(-c4ncc(C(O)C(F)(F)F)s4)n3)CC2)cn1. The average molecular weight is 572 g/mol. The first-order valence-electron chi connectivity index (χ1n) is 10.6. The number of alkyl halides is 6. The summed E-state index contributed by atoms with van der Waals surface area (Å²) in [5.41, 5.74) is -2.05. The molecule has 0 saturated carbocycles. The van der Waals surface area contributed by atoms with Gasteiger partial charge in [-0.05, 0) is 12.8 Å². The molecular weight excluding hydrogens is 552 g/mol. The Bertz CT molecular complexity index is 1360. The van der Waals surface area contributed by atoms with Crippen LogP contribution in [0, 0.1) is 0 Å². The molecule has 18 heteroatoms. The fourth-order valence-electron chi connectivity index (χ4n) is 3.61. The Kier molecular flexibility index (Phi) is 7.21. The highest BCUT2D eigenvalue weighted by Gasteiger charge is 2.42. The largest absolute Gasteiger partial charge is 0.420 e. The van der Waals surface area contributed by atoms with Gasteiger partial charge in [0, 0.05) is 44.8 Å². The number of sulfonamides is 1. The highest BCUT2D eigenvalue weighted by molar-refractivity contribution is 7.89. The van der Waals surface area contributed by atoms with Crippen molar-refractivity contribution in [2.75, 3.05) is 18.4 Å². The molecule has 4 rings (SSSR count). The van der Waals surface area contributed by atoms with Crippen LogP contribution >= 0.6 is 11.3 Å². The normalized spacial score (nSPS) is 17.2. The number of rotatable bonds is 6. The molecule has 0 radical (unpaired) electrons. The fourth-order valence-corrected chi connectivity index (χ4v) is 6.00. The lowest BCUT2D eigenvalue weighted by Crippen LogP contribution is -2.42. The highest BCUT2D eigenvalue weighted by Crippen LogP contribution is 2.41. The third-order valence-electron chi connectivity index (χ3n) is 5.51. The van der Waals surface area contributed by atoms with Crippen LogP contribution in [0.15, 0.2) is 29.7 Å². The Balaban J connectivity index is 1.52. The van der Waals surface area contributed by atoms with E-state index in [1.807, 2.05) is 0 Å². The Morgan fingerprint density at radius 2 is 1.78 bits per heavy atom. The van der Waals surface area contributed by atoms with Gasteiger partial charge in [0.2, 0.25) is 16.0 Å². The third kappa shape index (κ3) is 5.86. The van der Waals surface area contributed by atoms with E-state index in [4.69, 9.17) is 0 Å². The molecule has 3 aromatic rings. The molecule has 202 valence electrons. The zero-order chi connectivity index (χ0) is 27.2. The topological polar surface area (TPSA) is 126 Å². The van der Waals surface area contributed by atoms with Crippen molar-refractivity contribution in [1.82, 2.24) is 29.0 Å². The molecule has 3 aromatic heterocycles. The molecule has 0 aliphatic carbocycles. The average Bonchev–Trinajstić information content (AvgIpc) is 3.47. The Hall–Kier alpha value is -2.83. The summed E-state index contributed by atoms with van der Waals surface area (Å²) in [5, 5.41) is 15.6. The van der Waals surface area contributed by atoms with E-state index in [0.29, 0.717) is 25.2 Å². The van der Waals surface area contributed by atoms with E-state index >= 15 is 0 Å². The van der Waals surface area contributed by atoms with E-state index in [1.54, 1.807) is 7.05 Å². The van der Waals surface area contributed by atoms with E-state index in [-0.39, 0.29) is 41.3 Å². The van der Waals surface area contributed by atoms with Gasteiger partial charge in [-0.25, -0.2) is 23.4 Å². The van der Waals surface area contributed by atoms with Crippen molar-refractivity contribution in [2.24, 2.45) is 7.05 Å². The number of hydrogen-bond acceptors (Lipinski definition) is 9. The Labute approximate surface area is 210 Å². The molecule has 2 N–H and O–H groups in total. The summed E-state index contributed by atoms with van der Waals surface area (Å²) in [6, 6.07) is -0.385. The molecule has 1 unspecified atom stereocenters. The van der Waals surface area contributed by atoms with Gasteiger partial charge >= 0.3 is 12.4 Å². The van der Waals surface area contributed by atoms with Crippen LogP contribution in [0.4, 0.5) is 32.3 Å². The van der Waals surface area contributed by atoms with Gasteiger partial charge in [0.1, 0.15) is 21.2 Å². The molecule has 1 saturated heterocycles. The summed E-state index contributed by atoms with van der Waals surface area (Å²) in [7, 11) is -2.18.